The average molecular weight is 517 g/mol. The summed E-state index contributed by atoms with van der Waals surface area (Å²) in [5.74, 6) is -0.941. The smallest absolute Gasteiger partial charge is 0.295 e. The summed E-state index contributed by atoms with van der Waals surface area (Å²) in [6, 6.07) is 16.1. The maximum Gasteiger partial charge on any atom is 0.295 e. The number of hydrogen-bond acceptors (Lipinski definition) is 7. The number of methoxy groups -OCH3 is 1. The number of likely N-dealkylation sites (tertiary alicyclic amines) is 1. The van der Waals surface area contributed by atoms with Crippen LogP contribution in [0.2, 0.25) is 0 Å². The molecule has 38 heavy (non-hydrogen) atoms. The van der Waals surface area contributed by atoms with E-state index in [1.807, 2.05) is 55.5 Å². The van der Waals surface area contributed by atoms with Crippen molar-refractivity contribution in [1.29, 1.82) is 0 Å². The minimum Gasteiger partial charge on any atom is -0.507 e. The number of aliphatic hydroxyl groups is 1. The molecule has 9 nitrogen and oxygen atoms in total. The maximum atomic E-state index is 13.4. The van der Waals surface area contributed by atoms with Crippen LogP contribution in [0.15, 0.2) is 66.4 Å². The van der Waals surface area contributed by atoms with Gasteiger partial charge < -0.3 is 19.5 Å². The standard InChI is InChI=1S/C29H32N4O5/c1-20-24(19-30-33(20)22-9-4-3-5-10-22)27(34)25-26(21-8-6-11-23(18-21)37-2)32(29(36)28(25)35)13-7-12-31-14-16-38-17-15-31/h3-6,8-11,18-19,26,34H,7,12-17H2,1-2H3/b27-25+. The Hall–Kier alpha value is -3.95. The molecule has 0 radical (unpaired) electrons. The molecule has 2 fully saturated rings. The Bertz CT molecular complexity index is 1340. The van der Waals surface area contributed by atoms with Gasteiger partial charge in [-0.2, -0.15) is 5.10 Å². The number of morpholine rings is 1. The molecule has 2 aromatic carbocycles. The Morgan fingerprint density at radius 3 is 2.58 bits per heavy atom. The topological polar surface area (TPSA) is 97.1 Å². The van der Waals surface area contributed by atoms with Crippen LogP contribution in [0.1, 0.15) is 29.3 Å². The molecular formula is C29H32N4O5. The van der Waals surface area contributed by atoms with E-state index in [0.29, 0.717) is 48.7 Å². The molecule has 1 aromatic heterocycles. The third-order valence-electron chi connectivity index (χ3n) is 7.19. The zero-order chi connectivity index (χ0) is 26.6. The van der Waals surface area contributed by atoms with E-state index in [4.69, 9.17) is 9.47 Å². The summed E-state index contributed by atoms with van der Waals surface area (Å²) < 4.78 is 12.5. The van der Waals surface area contributed by atoms with E-state index in [0.717, 1.165) is 25.3 Å². The molecule has 0 spiro atoms. The first-order valence-corrected chi connectivity index (χ1v) is 12.8. The van der Waals surface area contributed by atoms with Gasteiger partial charge in [-0.1, -0.05) is 30.3 Å². The van der Waals surface area contributed by atoms with E-state index in [1.54, 1.807) is 22.8 Å². The summed E-state index contributed by atoms with van der Waals surface area (Å²) in [5.41, 5.74) is 2.66. The molecule has 0 bridgehead atoms. The molecular weight excluding hydrogens is 484 g/mol. The van der Waals surface area contributed by atoms with Crippen LogP contribution in [0.4, 0.5) is 0 Å². The van der Waals surface area contributed by atoms with Gasteiger partial charge in [-0.15, -0.1) is 0 Å². The predicted molar refractivity (Wildman–Crippen MR) is 142 cm³/mol. The molecule has 9 heteroatoms. The largest absolute Gasteiger partial charge is 0.507 e. The Morgan fingerprint density at radius 1 is 1.08 bits per heavy atom. The van der Waals surface area contributed by atoms with Gasteiger partial charge in [0, 0.05) is 26.2 Å². The van der Waals surface area contributed by atoms with Crippen molar-refractivity contribution < 1.29 is 24.2 Å². The number of para-hydroxylation sites is 1. The maximum absolute atomic E-state index is 13.4. The van der Waals surface area contributed by atoms with Crippen molar-refractivity contribution >= 4 is 17.4 Å². The Balaban J connectivity index is 1.52. The molecule has 3 aromatic rings. The lowest BCUT2D eigenvalue weighted by Gasteiger charge is -2.29. The Labute approximate surface area is 221 Å². The molecule has 3 heterocycles. The summed E-state index contributed by atoms with van der Waals surface area (Å²) in [6.07, 6.45) is 2.23. The molecule has 0 aliphatic carbocycles. The van der Waals surface area contributed by atoms with Gasteiger partial charge in [-0.3, -0.25) is 14.5 Å². The van der Waals surface area contributed by atoms with Crippen molar-refractivity contribution in [3.8, 4) is 11.4 Å². The van der Waals surface area contributed by atoms with Gasteiger partial charge >= 0.3 is 0 Å². The van der Waals surface area contributed by atoms with Crippen LogP contribution in [-0.4, -0.2) is 82.9 Å². The lowest BCUT2D eigenvalue weighted by atomic mass is 9.95. The number of carbonyl (C=O) groups is 2. The van der Waals surface area contributed by atoms with Gasteiger partial charge in [0.1, 0.15) is 11.5 Å². The molecule has 1 atom stereocenters. The number of nitrogens with zero attached hydrogens (tertiary/aromatic N) is 4. The number of Topliss-reactive ketones (excluding diaryl/α,β-unsaturated/α-hetero) is 1. The molecule has 1 N–H and O–H groups in total. The third kappa shape index (κ3) is 4.94. The normalized spacial score (nSPS) is 19.7. The minimum absolute atomic E-state index is 0.0605. The molecule has 1 unspecified atom stereocenters. The number of amides is 1. The van der Waals surface area contributed by atoms with Crippen molar-refractivity contribution in [1.82, 2.24) is 19.6 Å². The summed E-state index contributed by atoms with van der Waals surface area (Å²) in [6.45, 7) is 6.09. The highest BCUT2D eigenvalue weighted by molar-refractivity contribution is 6.46. The highest BCUT2D eigenvalue weighted by Crippen LogP contribution is 2.40. The third-order valence-corrected chi connectivity index (χ3v) is 7.19. The number of benzene rings is 2. The molecule has 0 saturated carbocycles. The number of ether oxygens (including phenoxy) is 2. The Kier molecular flexibility index (Phi) is 7.57. The van der Waals surface area contributed by atoms with Crippen molar-refractivity contribution in [3.05, 3.63) is 83.2 Å². The summed E-state index contributed by atoms with van der Waals surface area (Å²) in [5, 5.41) is 16.0. The molecule has 2 aliphatic rings. The SMILES string of the molecule is COc1cccc(C2/C(=C(\O)c3cnn(-c4ccccc4)c3C)C(=O)C(=O)N2CCCN2CCOCC2)c1. The fourth-order valence-corrected chi connectivity index (χ4v) is 5.17. The quantitative estimate of drug-likeness (QED) is 0.279. The van der Waals surface area contributed by atoms with Gasteiger partial charge in [-0.05, 0) is 43.2 Å². The zero-order valence-corrected chi connectivity index (χ0v) is 21.7. The van der Waals surface area contributed by atoms with Gasteiger partial charge in [0.15, 0.2) is 0 Å². The van der Waals surface area contributed by atoms with E-state index < -0.39 is 17.7 Å². The van der Waals surface area contributed by atoms with E-state index in [1.165, 1.54) is 6.20 Å². The lowest BCUT2D eigenvalue weighted by molar-refractivity contribution is -0.140. The van der Waals surface area contributed by atoms with Crippen molar-refractivity contribution in [3.63, 3.8) is 0 Å². The monoisotopic (exact) mass is 516 g/mol. The lowest BCUT2D eigenvalue weighted by Crippen LogP contribution is -2.38. The number of aromatic nitrogens is 2. The van der Waals surface area contributed by atoms with Crippen molar-refractivity contribution in [2.24, 2.45) is 0 Å². The molecule has 5 rings (SSSR count). The fourth-order valence-electron chi connectivity index (χ4n) is 5.17. The Morgan fingerprint density at radius 2 is 1.84 bits per heavy atom. The summed E-state index contributed by atoms with van der Waals surface area (Å²) in [4.78, 5) is 30.6. The van der Waals surface area contributed by atoms with Crippen LogP contribution in [0.3, 0.4) is 0 Å². The van der Waals surface area contributed by atoms with Crippen LogP contribution in [0.5, 0.6) is 5.75 Å². The number of ketones is 1. The highest BCUT2D eigenvalue weighted by atomic mass is 16.5. The van der Waals surface area contributed by atoms with Crippen LogP contribution >= 0.6 is 0 Å². The number of rotatable bonds is 8. The molecule has 1 amide bonds. The van der Waals surface area contributed by atoms with Crippen LogP contribution in [0, 0.1) is 6.92 Å². The second-order valence-corrected chi connectivity index (χ2v) is 9.47. The van der Waals surface area contributed by atoms with E-state index in [-0.39, 0.29) is 11.3 Å². The second kappa shape index (κ2) is 11.2. The van der Waals surface area contributed by atoms with Gasteiger partial charge in [-0.25, -0.2) is 4.68 Å². The van der Waals surface area contributed by atoms with E-state index in [2.05, 4.69) is 10.00 Å². The van der Waals surface area contributed by atoms with Crippen molar-refractivity contribution in [2.75, 3.05) is 46.5 Å². The zero-order valence-electron chi connectivity index (χ0n) is 21.7. The van der Waals surface area contributed by atoms with Gasteiger partial charge in [0.2, 0.25) is 0 Å². The number of aliphatic hydroxyl groups excluding tert-OH is 1. The van der Waals surface area contributed by atoms with Crippen LogP contribution in [0.25, 0.3) is 11.4 Å². The number of hydrogen-bond donors (Lipinski definition) is 1. The number of carbonyl (C=O) groups excluding carboxylic acids is 2. The fraction of sp³-hybridized carbons (Fsp3) is 0.345. The first-order chi connectivity index (χ1) is 18.5. The highest BCUT2D eigenvalue weighted by Gasteiger charge is 2.46. The van der Waals surface area contributed by atoms with E-state index >= 15 is 0 Å². The van der Waals surface area contributed by atoms with Crippen molar-refractivity contribution in [2.45, 2.75) is 19.4 Å². The van der Waals surface area contributed by atoms with Gasteiger partial charge in [0.25, 0.3) is 11.7 Å². The van der Waals surface area contributed by atoms with Crippen LogP contribution in [-0.2, 0) is 14.3 Å². The summed E-state index contributed by atoms with van der Waals surface area (Å²) >= 11 is 0. The first kappa shape index (κ1) is 25.7. The minimum atomic E-state index is -0.741. The summed E-state index contributed by atoms with van der Waals surface area (Å²) in [7, 11) is 1.57. The molecule has 198 valence electrons. The molecule has 2 aliphatic heterocycles. The first-order valence-electron chi connectivity index (χ1n) is 12.8. The van der Waals surface area contributed by atoms with E-state index in [9.17, 15) is 14.7 Å². The van der Waals surface area contributed by atoms with Crippen LogP contribution < -0.4 is 4.74 Å². The average Bonchev–Trinajstić information content (AvgIpc) is 3.46. The second-order valence-electron chi connectivity index (χ2n) is 9.47. The van der Waals surface area contributed by atoms with Gasteiger partial charge in [0.05, 0.1) is 55.1 Å². The molecule has 2 saturated heterocycles. The predicted octanol–water partition coefficient (Wildman–Crippen LogP) is 3.33.